The summed E-state index contributed by atoms with van der Waals surface area (Å²) in [5.74, 6) is 3.65. The number of fused-ring (bicyclic) bond motifs is 1. The second-order valence-corrected chi connectivity index (χ2v) is 6.54. The van der Waals surface area contributed by atoms with Crippen LogP contribution < -0.4 is 11.5 Å². The van der Waals surface area contributed by atoms with E-state index in [1.807, 2.05) is 0 Å². The number of aliphatic hydroxyl groups excluding tert-OH is 2. The van der Waals surface area contributed by atoms with E-state index in [1.165, 1.54) is 23.2 Å². The van der Waals surface area contributed by atoms with Crippen molar-refractivity contribution in [3.05, 3.63) is 53.5 Å². The third-order valence-corrected chi connectivity index (χ3v) is 4.77. The van der Waals surface area contributed by atoms with E-state index in [9.17, 15) is 19.0 Å². The SMILES string of the molecule is NC[C@H]1O[C@@H](n2cc(C#Cc3c(F)cccc3F)c3c(N)ncnc32)[C@H](O)[C@@H]1O. The third kappa shape index (κ3) is 3.20. The first-order valence-corrected chi connectivity index (χ1v) is 8.71. The summed E-state index contributed by atoms with van der Waals surface area (Å²) >= 11 is 0. The third-order valence-electron chi connectivity index (χ3n) is 4.77. The highest BCUT2D eigenvalue weighted by Gasteiger charge is 2.43. The van der Waals surface area contributed by atoms with Crippen molar-refractivity contribution in [3.8, 4) is 11.8 Å². The van der Waals surface area contributed by atoms with Gasteiger partial charge in [-0.2, -0.15) is 0 Å². The van der Waals surface area contributed by atoms with Crippen LogP contribution in [0.1, 0.15) is 17.4 Å². The van der Waals surface area contributed by atoms with E-state index < -0.39 is 36.2 Å². The van der Waals surface area contributed by atoms with Gasteiger partial charge in [0.05, 0.1) is 16.5 Å². The van der Waals surface area contributed by atoms with Crippen molar-refractivity contribution >= 4 is 16.9 Å². The Morgan fingerprint density at radius 3 is 2.52 bits per heavy atom. The van der Waals surface area contributed by atoms with Gasteiger partial charge in [0.2, 0.25) is 0 Å². The minimum absolute atomic E-state index is 0.00424. The summed E-state index contributed by atoms with van der Waals surface area (Å²) in [6.45, 7) is 0.00424. The average molecular weight is 401 g/mol. The van der Waals surface area contributed by atoms with Crippen molar-refractivity contribution in [2.75, 3.05) is 12.3 Å². The quantitative estimate of drug-likeness (QED) is 0.453. The van der Waals surface area contributed by atoms with Crippen molar-refractivity contribution in [1.82, 2.24) is 14.5 Å². The van der Waals surface area contributed by atoms with Gasteiger partial charge in [-0.1, -0.05) is 17.9 Å². The number of ether oxygens (including phenoxy) is 1. The Morgan fingerprint density at radius 1 is 1.14 bits per heavy atom. The van der Waals surface area contributed by atoms with Crippen molar-refractivity contribution in [1.29, 1.82) is 0 Å². The molecule has 0 radical (unpaired) electrons. The summed E-state index contributed by atoms with van der Waals surface area (Å²) in [6, 6.07) is 3.45. The van der Waals surface area contributed by atoms with Gasteiger partial charge in [-0.15, -0.1) is 0 Å². The molecule has 0 aliphatic carbocycles. The number of benzene rings is 1. The molecule has 0 saturated carbocycles. The van der Waals surface area contributed by atoms with E-state index >= 15 is 0 Å². The zero-order valence-electron chi connectivity index (χ0n) is 15.0. The van der Waals surface area contributed by atoms with Crippen LogP contribution in [0.5, 0.6) is 0 Å². The second kappa shape index (κ2) is 7.38. The molecule has 3 aromatic rings. The predicted molar refractivity (Wildman–Crippen MR) is 99.3 cm³/mol. The molecule has 0 unspecified atom stereocenters. The molecule has 1 aliphatic rings. The maximum atomic E-state index is 13.9. The maximum absolute atomic E-state index is 13.9. The van der Waals surface area contributed by atoms with Gasteiger partial charge in [0.1, 0.15) is 47.7 Å². The first kappa shape index (κ1) is 19.2. The van der Waals surface area contributed by atoms with E-state index in [0.29, 0.717) is 5.39 Å². The molecule has 1 aromatic carbocycles. The predicted octanol–water partition coefficient (Wildman–Crippen LogP) is 0.269. The number of nitrogen functional groups attached to an aromatic ring is 1. The number of hydrogen-bond acceptors (Lipinski definition) is 7. The van der Waals surface area contributed by atoms with Gasteiger partial charge >= 0.3 is 0 Å². The molecule has 3 heterocycles. The molecule has 0 bridgehead atoms. The van der Waals surface area contributed by atoms with Gasteiger partial charge < -0.3 is 31.0 Å². The first-order chi connectivity index (χ1) is 13.9. The number of nitrogens with zero attached hydrogens (tertiary/aromatic N) is 3. The van der Waals surface area contributed by atoms with Crippen LogP contribution in [-0.2, 0) is 4.74 Å². The van der Waals surface area contributed by atoms with Gasteiger partial charge in [0.15, 0.2) is 6.23 Å². The zero-order valence-corrected chi connectivity index (χ0v) is 15.0. The molecule has 29 heavy (non-hydrogen) atoms. The van der Waals surface area contributed by atoms with Gasteiger partial charge in [-0.05, 0) is 12.1 Å². The van der Waals surface area contributed by atoms with E-state index in [0.717, 1.165) is 12.1 Å². The fourth-order valence-electron chi connectivity index (χ4n) is 3.30. The molecule has 6 N–H and O–H groups in total. The van der Waals surface area contributed by atoms with Crippen LogP contribution in [0.15, 0.2) is 30.7 Å². The minimum Gasteiger partial charge on any atom is -0.387 e. The Morgan fingerprint density at radius 2 is 1.86 bits per heavy atom. The number of rotatable bonds is 2. The molecule has 0 spiro atoms. The summed E-state index contributed by atoms with van der Waals surface area (Å²) in [6.07, 6.45) is -1.55. The molecular weight excluding hydrogens is 384 g/mol. The lowest BCUT2D eigenvalue weighted by molar-refractivity contribution is -0.0318. The molecule has 1 saturated heterocycles. The number of aromatic nitrogens is 3. The van der Waals surface area contributed by atoms with Crippen molar-refractivity contribution < 1.29 is 23.7 Å². The van der Waals surface area contributed by atoms with Gasteiger partial charge in [0.25, 0.3) is 0 Å². The Labute approximate surface area is 163 Å². The van der Waals surface area contributed by atoms with Crippen LogP contribution in [0, 0.1) is 23.5 Å². The monoisotopic (exact) mass is 401 g/mol. The lowest BCUT2D eigenvalue weighted by atomic mass is 10.1. The highest BCUT2D eigenvalue weighted by molar-refractivity contribution is 5.92. The standard InChI is InChI=1S/C19H17F2N5O3/c20-11-2-1-3-12(21)10(11)5-4-9-7-26(18-14(9)17(23)24-8-25-18)19-16(28)15(27)13(6-22)29-19/h1-3,7-8,13,15-16,19,27-28H,6,22H2,(H2,23,24,25)/t13-,15-,16-,19-/m1/s1. The molecule has 150 valence electrons. The highest BCUT2D eigenvalue weighted by atomic mass is 19.1. The number of hydrogen-bond donors (Lipinski definition) is 4. The zero-order chi connectivity index (χ0) is 20.7. The lowest BCUT2D eigenvalue weighted by Crippen LogP contribution is -2.35. The van der Waals surface area contributed by atoms with Crippen LogP contribution in [0.4, 0.5) is 14.6 Å². The van der Waals surface area contributed by atoms with Crippen LogP contribution in [-0.4, -0.2) is 49.6 Å². The molecule has 10 heteroatoms. The Hall–Kier alpha value is -3.10. The number of anilines is 1. The van der Waals surface area contributed by atoms with E-state index in [2.05, 4.69) is 21.8 Å². The molecule has 1 aliphatic heterocycles. The Bertz CT molecular complexity index is 1120. The second-order valence-electron chi connectivity index (χ2n) is 6.54. The van der Waals surface area contributed by atoms with Crippen LogP contribution in [0.25, 0.3) is 11.0 Å². The van der Waals surface area contributed by atoms with Gasteiger partial charge in [0, 0.05) is 12.7 Å². The van der Waals surface area contributed by atoms with Crippen LogP contribution in [0.2, 0.25) is 0 Å². The van der Waals surface area contributed by atoms with Crippen molar-refractivity contribution in [2.45, 2.75) is 24.5 Å². The van der Waals surface area contributed by atoms with Gasteiger partial charge in [-0.3, -0.25) is 0 Å². The number of nitrogens with two attached hydrogens (primary N) is 2. The Kier molecular flexibility index (Phi) is 4.89. The van der Waals surface area contributed by atoms with Gasteiger partial charge in [-0.25, -0.2) is 18.7 Å². The maximum Gasteiger partial charge on any atom is 0.164 e. The summed E-state index contributed by atoms with van der Waals surface area (Å²) < 4.78 is 34.9. The van der Waals surface area contributed by atoms with Crippen LogP contribution >= 0.6 is 0 Å². The fourth-order valence-corrected chi connectivity index (χ4v) is 3.30. The molecule has 1 fully saturated rings. The first-order valence-electron chi connectivity index (χ1n) is 8.71. The number of aliphatic hydroxyl groups is 2. The topological polar surface area (TPSA) is 132 Å². The molecule has 2 aromatic heterocycles. The van der Waals surface area contributed by atoms with Crippen LogP contribution in [0.3, 0.4) is 0 Å². The minimum atomic E-state index is -1.28. The summed E-state index contributed by atoms with van der Waals surface area (Å²) in [7, 11) is 0. The van der Waals surface area contributed by atoms with E-state index in [4.69, 9.17) is 16.2 Å². The Balaban J connectivity index is 1.85. The van der Waals surface area contributed by atoms with Crippen molar-refractivity contribution in [3.63, 3.8) is 0 Å². The van der Waals surface area contributed by atoms with Crippen molar-refractivity contribution in [2.24, 2.45) is 5.73 Å². The largest absolute Gasteiger partial charge is 0.387 e. The molecular formula is C19H17F2N5O3. The lowest BCUT2D eigenvalue weighted by Gasteiger charge is -2.17. The summed E-state index contributed by atoms with van der Waals surface area (Å²) in [5, 5.41) is 20.8. The normalized spacial score (nSPS) is 23.9. The van der Waals surface area contributed by atoms with E-state index in [1.54, 1.807) is 0 Å². The highest BCUT2D eigenvalue weighted by Crippen LogP contribution is 2.34. The fraction of sp³-hybridized carbons (Fsp3) is 0.263. The molecule has 4 rings (SSSR count). The molecule has 0 amide bonds. The summed E-state index contributed by atoms with van der Waals surface area (Å²) in [4.78, 5) is 8.09. The molecule has 4 atom stereocenters. The number of halogens is 2. The smallest absolute Gasteiger partial charge is 0.164 e. The summed E-state index contributed by atoms with van der Waals surface area (Å²) in [5.41, 5.74) is 11.7. The molecule has 8 nitrogen and oxygen atoms in total. The van der Waals surface area contributed by atoms with E-state index in [-0.39, 0.29) is 29.1 Å². The average Bonchev–Trinajstić information content (AvgIpc) is 3.20.